The smallest absolute Gasteiger partial charge is 0.227 e. The number of rotatable bonds is 3. The summed E-state index contributed by atoms with van der Waals surface area (Å²) >= 11 is 0. The molecule has 3 aromatic rings. The van der Waals surface area contributed by atoms with Crippen LogP contribution in [0.1, 0.15) is 35.6 Å². The standard InChI is InChI=1S/C20H23N5O/c1-14-5-7-15(8-6-14)12-17(26)25-11-3-4-16(13-25)18-19-20(24(2)23-18)22-10-9-21-19/h5-10,16H,3-4,11-13H2,1-2H3/t16-/m1/s1. The molecule has 134 valence electrons. The van der Waals surface area contributed by atoms with Crippen molar-refractivity contribution in [2.45, 2.75) is 32.1 Å². The highest BCUT2D eigenvalue weighted by atomic mass is 16.2. The Hall–Kier alpha value is -2.76. The molecule has 2 aromatic heterocycles. The minimum Gasteiger partial charge on any atom is -0.342 e. The van der Waals surface area contributed by atoms with Gasteiger partial charge in [-0.15, -0.1) is 0 Å². The predicted molar refractivity (Wildman–Crippen MR) is 99.7 cm³/mol. The highest BCUT2D eigenvalue weighted by molar-refractivity contribution is 5.79. The maximum Gasteiger partial charge on any atom is 0.227 e. The molecule has 1 aliphatic rings. The molecule has 1 aromatic carbocycles. The average molecular weight is 349 g/mol. The zero-order valence-electron chi connectivity index (χ0n) is 15.2. The molecule has 4 rings (SSSR count). The van der Waals surface area contributed by atoms with E-state index < -0.39 is 0 Å². The van der Waals surface area contributed by atoms with E-state index in [4.69, 9.17) is 0 Å². The topological polar surface area (TPSA) is 63.9 Å². The summed E-state index contributed by atoms with van der Waals surface area (Å²) in [6.45, 7) is 3.58. The van der Waals surface area contributed by atoms with Gasteiger partial charge in [0.05, 0.1) is 12.1 Å². The molecule has 0 bridgehead atoms. The van der Waals surface area contributed by atoms with E-state index in [1.807, 2.05) is 24.1 Å². The van der Waals surface area contributed by atoms with Crippen molar-refractivity contribution in [3.05, 3.63) is 53.5 Å². The number of nitrogens with zero attached hydrogens (tertiary/aromatic N) is 5. The highest BCUT2D eigenvalue weighted by Gasteiger charge is 2.28. The van der Waals surface area contributed by atoms with Crippen LogP contribution in [0, 0.1) is 6.92 Å². The summed E-state index contributed by atoms with van der Waals surface area (Å²) in [5, 5.41) is 4.65. The fraction of sp³-hybridized carbons (Fsp3) is 0.400. The van der Waals surface area contributed by atoms with Gasteiger partial charge in [-0.3, -0.25) is 4.79 Å². The number of piperidine rings is 1. The molecule has 0 aliphatic carbocycles. The van der Waals surface area contributed by atoms with E-state index in [0.717, 1.165) is 41.8 Å². The van der Waals surface area contributed by atoms with Crippen molar-refractivity contribution in [2.75, 3.05) is 13.1 Å². The van der Waals surface area contributed by atoms with E-state index in [9.17, 15) is 4.79 Å². The summed E-state index contributed by atoms with van der Waals surface area (Å²) in [6.07, 6.45) is 5.86. The van der Waals surface area contributed by atoms with Crippen LogP contribution < -0.4 is 0 Å². The molecule has 1 amide bonds. The number of hydrogen-bond donors (Lipinski definition) is 0. The van der Waals surface area contributed by atoms with Gasteiger partial charge in [0.25, 0.3) is 0 Å². The van der Waals surface area contributed by atoms with E-state index in [-0.39, 0.29) is 11.8 Å². The molecule has 26 heavy (non-hydrogen) atoms. The lowest BCUT2D eigenvalue weighted by atomic mass is 9.94. The first kappa shape index (κ1) is 16.7. The molecule has 1 fully saturated rings. The second-order valence-electron chi connectivity index (χ2n) is 7.08. The fourth-order valence-corrected chi connectivity index (χ4v) is 3.70. The number of aromatic nitrogens is 4. The van der Waals surface area contributed by atoms with Gasteiger partial charge in [-0.2, -0.15) is 5.10 Å². The molecule has 6 nitrogen and oxygen atoms in total. The Morgan fingerprint density at radius 3 is 2.77 bits per heavy atom. The lowest BCUT2D eigenvalue weighted by Gasteiger charge is -2.32. The van der Waals surface area contributed by atoms with Gasteiger partial charge >= 0.3 is 0 Å². The Morgan fingerprint density at radius 2 is 1.96 bits per heavy atom. The number of likely N-dealkylation sites (tertiary alicyclic amines) is 1. The molecule has 0 N–H and O–H groups in total. The van der Waals surface area contributed by atoms with Gasteiger partial charge in [0.15, 0.2) is 5.65 Å². The first-order valence-corrected chi connectivity index (χ1v) is 9.09. The van der Waals surface area contributed by atoms with Crippen LogP contribution in [0.2, 0.25) is 0 Å². The minimum absolute atomic E-state index is 0.185. The van der Waals surface area contributed by atoms with Crippen LogP contribution >= 0.6 is 0 Å². The number of fused-ring (bicyclic) bond motifs is 1. The number of aryl methyl sites for hydroxylation is 2. The SMILES string of the molecule is Cc1ccc(CC(=O)N2CCC[C@@H](c3nn(C)c4nccnc34)C2)cc1. The molecule has 0 radical (unpaired) electrons. The molecule has 1 aliphatic heterocycles. The predicted octanol–water partition coefficient (Wildman–Crippen LogP) is 2.62. The Labute approximate surface area is 152 Å². The molecule has 1 atom stereocenters. The summed E-state index contributed by atoms with van der Waals surface area (Å²) in [5.74, 6) is 0.399. The molecule has 0 spiro atoms. The number of carbonyl (C=O) groups is 1. The van der Waals surface area contributed by atoms with Crippen molar-refractivity contribution in [2.24, 2.45) is 7.05 Å². The van der Waals surface area contributed by atoms with Crippen molar-refractivity contribution in [1.29, 1.82) is 0 Å². The minimum atomic E-state index is 0.185. The summed E-state index contributed by atoms with van der Waals surface area (Å²) in [7, 11) is 1.89. The third-order valence-corrected chi connectivity index (χ3v) is 5.12. The lowest BCUT2D eigenvalue weighted by molar-refractivity contribution is -0.131. The highest BCUT2D eigenvalue weighted by Crippen LogP contribution is 2.30. The maximum atomic E-state index is 12.8. The summed E-state index contributed by atoms with van der Waals surface area (Å²) in [4.78, 5) is 23.6. The van der Waals surface area contributed by atoms with Crippen LogP contribution in [0.25, 0.3) is 11.2 Å². The van der Waals surface area contributed by atoms with Crippen LogP contribution in [-0.2, 0) is 18.3 Å². The molecule has 3 heterocycles. The Balaban J connectivity index is 1.51. The molecule has 1 saturated heterocycles. The Bertz CT molecular complexity index is 931. The third-order valence-electron chi connectivity index (χ3n) is 5.12. The quantitative estimate of drug-likeness (QED) is 0.729. The molecule has 0 saturated carbocycles. The molecule has 0 unspecified atom stereocenters. The Morgan fingerprint density at radius 1 is 1.19 bits per heavy atom. The van der Waals surface area contributed by atoms with Gasteiger partial charge in [0.1, 0.15) is 5.52 Å². The van der Waals surface area contributed by atoms with Crippen LogP contribution in [0.3, 0.4) is 0 Å². The zero-order chi connectivity index (χ0) is 18.1. The zero-order valence-corrected chi connectivity index (χ0v) is 15.2. The van der Waals surface area contributed by atoms with Gasteiger partial charge in [0.2, 0.25) is 5.91 Å². The van der Waals surface area contributed by atoms with E-state index in [2.05, 4.69) is 34.1 Å². The average Bonchev–Trinajstić information content (AvgIpc) is 3.01. The number of benzene rings is 1. The molecule has 6 heteroatoms. The van der Waals surface area contributed by atoms with E-state index in [0.29, 0.717) is 13.0 Å². The summed E-state index contributed by atoms with van der Waals surface area (Å²) in [5.41, 5.74) is 4.89. The Kier molecular flexibility index (Phi) is 4.41. The summed E-state index contributed by atoms with van der Waals surface area (Å²) in [6, 6.07) is 8.19. The van der Waals surface area contributed by atoms with Gasteiger partial charge in [-0.1, -0.05) is 29.8 Å². The monoisotopic (exact) mass is 349 g/mol. The second kappa shape index (κ2) is 6.86. The van der Waals surface area contributed by atoms with Crippen molar-refractivity contribution < 1.29 is 4.79 Å². The van der Waals surface area contributed by atoms with Gasteiger partial charge < -0.3 is 4.90 Å². The van der Waals surface area contributed by atoms with Crippen molar-refractivity contribution in [3.63, 3.8) is 0 Å². The van der Waals surface area contributed by atoms with Crippen LogP contribution in [-0.4, -0.2) is 43.6 Å². The normalized spacial score (nSPS) is 17.6. The van der Waals surface area contributed by atoms with E-state index in [1.165, 1.54) is 5.56 Å². The van der Waals surface area contributed by atoms with Crippen LogP contribution in [0.4, 0.5) is 0 Å². The van der Waals surface area contributed by atoms with Crippen molar-refractivity contribution >= 4 is 17.1 Å². The van der Waals surface area contributed by atoms with Crippen LogP contribution in [0.5, 0.6) is 0 Å². The second-order valence-corrected chi connectivity index (χ2v) is 7.08. The van der Waals surface area contributed by atoms with Gasteiger partial charge in [0, 0.05) is 38.4 Å². The van der Waals surface area contributed by atoms with Crippen LogP contribution in [0.15, 0.2) is 36.7 Å². The molecular weight excluding hydrogens is 326 g/mol. The van der Waals surface area contributed by atoms with Crippen molar-refractivity contribution in [3.8, 4) is 0 Å². The van der Waals surface area contributed by atoms with E-state index >= 15 is 0 Å². The maximum absolute atomic E-state index is 12.8. The van der Waals surface area contributed by atoms with Gasteiger partial charge in [-0.25, -0.2) is 14.6 Å². The first-order valence-electron chi connectivity index (χ1n) is 9.09. The lowest BCUT2D eigenvalue weighted by Crippen LogP contribution is -2.40. The third kappa shape index (κ3) is 3.19. The number of hydrogen-bond acceptors (Lipinski definition) is 4. The van der Waals surface area contributed by atoms with Crippen molar-refractivity contribution in [1.82, 2.24) is 24.6 Å². The number of carbonyl (C=O) groups excluding carboxylic acids is 1. The van der Waals surface area contributed by atoms with E-state index in [1.54, 1.807) is 17.1 Å². The number of amides is 1. The van der Waals surface area contributed by atoms with Gasteiger partial charge in [-0.05, 0) is 25.3 Å². The first-order chi connectivity index (χ1) is 12.6. The fourth-order valence-electron chi connectivity index (χ4n) is 3.70. The largest absolute Gasteiger partial charge is 0.342 e. The molecular formula is C20H23N5O. The summed E-state index contributed by atoms with van der Waals surface area (Å²) < 4.78 is 1.78.